The molecule has 1 aromatic carbocycles. The Morgan fingerprint density at radius 1 is 1.00 bits per heavy atom. The highest BCUT2D eigenvalue weighted by atomic mass is 32.2. The van der Waals surface area contributed by atoms with Crippen molar-refractivity contribution in [3.63, 3.8) is 0 Å². The fourth-order valence-corrected chi connectivity index (χ4v) is 7.06. The van der Waals surface area contributed by atoms with Crippen molar-refractivity contribution >= 4 is 28.2 Å². The summed E-state index contributed by atoms with van der Waals surface area (Å²) in [4.78, 5) is 12.8. The Morgan fingerprint density at radius 2 is 1.50 bits per heavy atom. The van der Waals surface area contributed by atoms with E-state index in [2.05, 4.69) is 0 Å². The van der Waals surface area contributed by atoms with E-state index in [0.717, 1.165) is 23.9 Å². The summed E-state index contributed by atoms with van der Waals surface area (Å²) in [5.41, 5.74) is 1.13. The van der Waals surface area contributed by atoms with Gasteiger partial charge in [0.15, 0.2) is 9.84 Å². The van der Waals surface area contributed by atoms with Crippen LogP contribution in [0.3, 0.4) is 0 Å². The summed E-state index contributed by atoms with van der Waals surface area (Å²) in [6, 6.07) is 7.82. The molecule has 3 heterocycles. The number of benzene rings is 1. The maximum atomic E-state index is 12.8. The lowest BCUT2D eigenvalue weighted by Crippen LogP contribution is -2.41. The van der Waals surface area contributed by atoms with Gasteiger partial charge in [0.05, 0.1) is 21.7 Å². The van der Waals surface area contributed by atoms with Crippen LogP contribution in [0.4, 0.5) is 0 Å². The van der Waals surface area contributed by atoms with Gasteiger partial charge in [-0.25, -0.2) is 8.42 Å². The Morgan fingerprint density at radius 3 is 2.00 bits per heavy atom. The third-order valence-electron chi connectivity index (χ3n) is 7.17. The fourth-order valence-electron chi connectivity index (χ4n) is 4.59. The number of fused-ring (bicyclic) bond motifs is 2. The quantitative estimate of drug-likeness (QED) is 0.722. The standard InChI is InChI=1S/C21H29BO5S/c1-20(2)21(3,4)27-22(26-20)16-7-5-14(6-8-16)11-19(23)15-12-17-9-10-18(13-15)28(17,24)25/h5-8,15,17-18H,9-13H2,1-4H3. The Kier molecular flexibility index (Phi) is 4.80. The van der Waals surface area contributed by atoms with E-state index in [4.69, 9.17) is 9.31 Å². The van der Waals surface area contributed by atoms with E-state index < -0.39 is 17.0 Å². The van der Waals surface area contributed by atoms with Crippen LogP contribution in [-0.2, 0) is 30.4 Å². The second-order valence-electron chi connectivity index (χ2n) is 9.55. The molecular formula is C21H29BO5S. The zero-order chi connectivity index (χ0) is 20.3. The van der Waals surface area contributed by atoms with Crippen molar-refractivity contribution in [1.82, 2.24) is 0 Å². The molecule has 2 unspecified atom stereocenters. The number of Topliss-reactive ketones (excluding diaryl/α,β-unsaturated/α-hetero) is 1. The Bertz CT molecular complexity index is 839. The molecule has 0 amide bonds. The molecule has 7 heteroatoms. The highest BCUT2D eigenvalue weighted by molar-refractivity contribution is 7.93. The molecule has 0 aromatic heterocycles. The van der Waals surface area contributed by atoms with Crippen LogP contribution in [0, 0.1) is 5.92 Å². The molecule has 5 nitrogen and oxygen atoms in total. The normalized spacial score (nSPS) is 32.4. The molecule has 0 spiro atoms. The van der Waals surface area contributed by atoms with Crippen LogP contribution in [0.5, 0.6) is 0 Å². The third-order valence-corrected chi connectivity index (χ3v) is 9.89. The highest BCUT2D eigenvalue weighted by Gasteiger charge is 2.52. The van der Waals surface area contributed by atoms with E-state index in [1.54, 1.807) is 0 Å². The average Bonchev–Trinajstić information content (AvgIpc) is 2.89. The molecule has 0 radical (unpaired) electrons. The molecule has 3 fully saturated rings. The first-order valence-electron chi connectivity index (χ1n) is 10.2. The minimum atomic E-state index is -2.98. The van der Waals surface area contributed by atoms with Gasteiger partial charge in [0.1, 0.15) is 5.78 Å². The largest absolute Gasteiger partial charge is 0.494 e. The molecule has 0 aliphatic carbocycles. The zero-order valence-electron chi connectivity index (χ0n) is 17.1. The van der Waals surface area contributed by atoms with Crippen LogP contribution in [0.1, 0.15) is 58.9 Å². The second kappa shape index (κ2) is 6.68. The van der Waals surface area contributed by atoms with Gasteiger partial charge in [-0.05, 0) is 64.4 Å². The van der Waals surface area contributed by atoms with Gasteiger partial charge in [0.2, 0.25) is 0 Å². The summed E-state index contributed by atoms with van der Waals surface area (Å²) in [7, 11) is -3.39. The number of rotatable bonds is 4. The Labute approximate surface area is 168 Å². The van der Waals surface area contributed by atoms with E-state index in [1.165, 1.54) is 0 Å². The summed E-state index contributed by atoms with van der Waals surface area (Å²) < 4.78 is 36.6. The van der Waals surface area contributed by atoms with Crippen molar-refractivity contribution in [3.8, 4) is 0 Å². The van der Waals surface area contributed by atoms with Gasteiger partial charge in [-0.2, -0.15) is 0 Å². The second-order valence-corrected chi connectivity index (χ2v) is 12.1. The van der Waals surface area contributed by atoms with Gasteiger partial charge in [0, 0.05) is 12.3 Å². The number of hydrogen-bond donors (Lipinski definition) is 0. The highest BCUT2D eigenvalue weighted by Crippen LogP contribution is 2.41. The van der Waals surface area contributed by atoms with E-state index in [9.17, 15) is 13.2 Å². The van der Waals surface area contributed by atoms with Crippen LogP contribution in [0.15, 0.2) is 24.3 Å². The van der Waals surface area contributed by atoms with Crippen molar-refractivity contribution in [2.45, 2.75) is 81.5 Å². The van der Waals surface area contributed by atoms with Crippen LogP contribution in [-0.4, -0.2) is 43.0 Å². The summed E-state index contributed by atoms with van der Waals surface area (Å²) in [6.07, 6.45) is 2.81. The maximum absolute atomic E-state index is 12.8. The van der Waals surface area contributed by atoms with Crippen molar-refractivity contribution in [2.75, 3.05) is 0 Å². The monoisotopic (exact) mass is 404 g/mol. The van der Waals surface area contributed by atoms with Crippen LogP contribution >= 0.6 is 0 Å². The topological polar surface area (TPSA) is 69.7 Å². The van der Waals surface area contributed by atoms with Crippen molar-refractivity contribution in [1.29, 1.82) is 0 Å². The Balaban J connectivity index is 1.40. The lowest BCUT2D eigenvalue weighted by molar-refractivity contribution is -0.122. The number of sulfone groups is 1. The first-order valence-corrected chi connectivity index (χ1v) is 11.8. The first kappa shape index (κ1) is 20.1. The summed E-state index contributed by atoms with van der Waals surface area (Å²) in [6.45, 7) is 8.10. The fraction of sp³-hybridized carbons (Fsp3) is 0.667. The molecule has 2 atom stereocenters. The molecule has 2 bridgehead atoms. The van der Waals surface area contributed by atoms with E-state index in [1.807, 2.05) is 52.0 Å². The zero-order valence-corrected chi connectivity index (χ0v) is 17.9. The van der Waals surface area contributed by atoms with Crippen molar-refractivity contribution in [2.24, 2.45) is 5.92 Å². The third kappa shape index (κ3) is 3.35. The molecule has 3 aliphatic heterocycles. The minimum absolute atomic E-state index is 0.121. The average molecular weight is 404 g/mol. The molecule has 152 valence electrons. The van der Waals surface area contributed by atoms with E-state index >= 15 is 0 Å². The van der Waals surface area contributed by atoms with Gasteiger partial charge >= 0.3 is 7.12 Å². The predicted molar refractivity (Wildman–Crippen MR) is 109 cm³/mol. The molecule has 3 saturated heterocycles. The molecule has 1 aromatic rings. The number of ketones is 1. The first-order chi connectivity index (χ1) is 13.0. The van der Waals surface area contributed by atoms with Gasteiger partial charge in [-0.1, -0.05) is 24.3 Å². The summed E-state index contributed by atoms with van der Waals surface area (Å²) in [5.74, 6) is 0.0407. The smallest absolute Gasteiger partial charge is 0.399 e. The van der Waals surface area contributed by atoms with Crippen molar-refractivity contribution < 1.29 is 22.5 Å². The van der Waals surface area contributed by atoms with Gasteiger partial charge in [0.25, 0.3) is 0 Å². The van der Waals surface area contributed by atoms with E-state index in [-0.39, 0.29) is 33.4 Å². The lowest BCUT2D eigenvalue weighted by atomic mass is 9.78. The number of carbonyl (C=O) groups is 1. The van der Waals surface area contributed by atoms with Gasteiger partial charge in [-0.3, -0.25) is 4.79 Å². The molecule has 4 rings (SSSR count). The predicted octanol–water partition coefficient (Wildman–Crippen LogP) is 2.45. The molecule has 0 N–H and O–H groups in total. The van der Waals surface area contributed by atoms with Gasteiger partial charge in [-0.15, -0.1) is 0 Å². The van der Waals surface area contributed by atoms with Crippen LogP contribution in [0.2, 0.25) is 0 Å². The minimum Gasteiger partial charge on any atom is -0.399 e. The van der Waals surface area contributed by atoms with Gasteiger partial charge < -0.3 is 9.31 Å². The van der Waals surface area contributed by atoms with Crippen molar-refractivity contribution in [3.05, 3.63) is 29.8 Å². The Hall–Kier alpha value is -1.18. The number of carbonyl (C=O) groups excluding carboxylic acids is 1. The molecule has 0 saturated carbocycles. The number of hydrogen-bond acceptors (Lipinski definition) is 5. The van der Waals surface area contributed by atoms with E-state index in [0.29, 0.717) is 19.3 Å². The molecular weight excluding hydrogens is 375 g/mol. The summed E-state index contributed by atoms with van der Waals surface area (Å²) in [5, 5.41) is -0.600. The van der Waals surface area contributed by atoms with Crippen LogP contribution < -0.4 is 5.46 Å². The molecule has 28 heavy (non-hydrogen) atoms. The maximum Gasteiger partial charge on any atom is 0.494 e. The van der Waals surface area contributed by atoms with Crippen LogP contribution in [0.25, 0.3) is 0 Å². The lowest BCUT2D eigenvalue weighted by Gasteiger charge is -2.32. The summed E-state index contributed by atoms with van der Waals surface area (Å²) >= 11 is 0. The molecule has 3 aliphatic rings. The SMILES string of the molecule is CC1(C)OB(c2ccc(CC(=O)C3CC4CCC(C3)S4(=O)=O)cc2)OC1(C)C.